The Morgan fingerprint density at radius 1 is 1.16 bits per heavy atom. The monoisotopic (exact) mass is 451 g/mol. The van der Waals surface area contributed by atoms with Crippen molar-refractivity contribution in [3.8, 4) is 5.75 Å². The van der Waals surface area contributed by atoms with Gasteiger partial charge >= 0.3 is 0 Å². The zero-order valence-electron chi connectivity index (χ0n) is 17.1. The van der Waals surface area contributed by atoms with Crippen LogP contribution in [0.3, 0.4) is 0 Å². The Morgan fingerprint density at radius 3 is 2.32 bits per heavy atom. The van der Waals surface area contributed by atoms with Crippen molar-refractivity contribution < 1.29 is 27.3 Å². The van der Waals surface area contributed by atoms with E-state index in [1.165, 1.54) is 28.3 Å². The van der Waals surface area contributed by atoms with Crippen molar-refractivity contribution in [2.45, 2.75) is 18.7 Å². The first-order valence-electron chi connectivity index (χ1n) is 9.62. The number of halogens is 1. The van der Waals surface area contributed by atoms with Gasteiger partial charge in [-0.1, -0.05) is 0 Å². The van der Waals surface area contributed by atoms with Gasteiger partial charge in [0.25, 0.3) is 11.6 Å². The van der Waals surface area contributed by atoms with E-state index in [9.17, 15) is 27.7 Å². The molecular weight excluding hydrogens is 429 g/mol. The van der Waals surface area contributed by atoms with Gasteiger partial charge in [0.05, 0.1) is 22.0 Å². The summed E-state index contributed by atoms with van der Waals surface area (Å²) in [6, 6.07) is 8.10. The van der Waals surface area contributed by atoms with Gasteiger partial charge in [-0.3, -0.25) is 14.9 Å². The van der Waals surface area contributed by atoms with Gasteiger partial charge in [-0.05, 0) is 44.2 Å². The number of piperazine rings is 1. The Bertz CT molecular complexity index is 1100. The lowest BCUT2D eigenvalue weighted by Crippen LogP contribution is -2.50. The van der Waals surface area contributed by atoms with Gasteiger partial charge in [0.15, 0.2) is 0 Å². The molecule has 2 aromatic carbocycles. The molecule has 1 heterocycles. The number of nitro benzene ring substituents is 1. The number of hydrogen-bond acceptors (Lipinski definition) is 6. The predicted molar refractivity (Wildman–Crippen MR) is 110 cm³/mol. The molecule has 0 unspecified atom stereocenters. The largest absolute Gasteiger partial charge is 0.494 e. The molecule has 3 rings (SSSR count). The van der Waals surface area contributed by atoms with Crippen LogP contribution in [0, 0.1) is 22.9 Å². The second-order valence-corrected chi connectivity index (χ2v) is 8.90. The average Bonchev–Trinajstić information content (AvgIpc) is 2.75. The maximum Gasteiger partial charge on any atom is 0.276 e. The average molecular weight is 451 g/mol. The quantitative estimate of drug-likeness (QED) is 0.493. The van der Waals surface area contributed by atoms with Gasteiger partial charge in [0, 0.05) is 37.8 Å². The number of hydrogen-bond donors (Lipinski definition) is 0. The molecule has 0 N–H and O–H groups in total. The van der Waals surface area contributed by atoms with Crippen LogP contribution >= 0.6 is 0 Å². The second kappa shape index (κ2) is 8.98. The van der Waals surface area contributed by atoms with E-state index in [-0.39, 0.29) is 42.2 Å². The molecule has 2 aromatic rings. The lowest BCUT2D eigenvalue weighted by molar-refractivity contribution is -0.385. The molecular formula is C20H22FN3O6S. The molecule has 1 amide bonds. The van der Waals surface area contributed by atoms with Crippen molar-refractivity contribution in [2.24, 2.45) is 0 Å². The summed E-state index contributed by atoms with van der Waals surface area (Å²) in [6.45, 7) is 3.84. The highest BCUT2D eigenvalue weighted by Gasteiger charge is 2.31. The summed E-state index contributed by atoms with van der Waals surface area (Å²) in [5, 5.41) is 11.1. The Hall–Kier alpha value is -3.05. The van der Waals surface area contributed by atoms with Crippen LogP contribution in [0.25, 0.3) is 0 Å². The highest BCUT2D eigenvalue weighted by molar-refractivity contribution is 7.89. The third-order valence-corrected chi connectivity index (χ3v) is 6.97. The van der Waals surface area contributed by atoms with E-state index in [4.69, 9.17) is 4.74 Å². The van der Waals surface area contributed by atoms with Gasteiger partial charge in [-0.2, -0.15) is 4.31 Å². The minimum Gasteiger partial charge on any atom is -0.494 e. The molecule has 0 radical (unpaired) electrons. The Balaban J connectivity index is 1.71. The third-order valence-electron chi connectivity index (χ3n) is 5.06. The molecule has 1 fully saturated rings. The number of benzene rings is 2. The molecule has 9 nitrogen and oxygen atoms in total. The number of nitrogens with zero attached hydrogens (tertiary/aromatic N) is 3. The molecule has 0 spiro atoms. The molecule has 1 aliphatic heterocycles. The Morgan fingerprint density at radius 2 is 1.77 bits per heavy atom. The molecule has 0 saturated carbocycles. The molecule has 31 heavy (non-hydrogen) atoms. The fourth-order valence-electron chi connectivity index (χ4n) is 3.32. The number of ether oxygens (including phenoxy) is 1. The zero-order valence-corrected chi connectivity index (χ0v) is 17.9. The van der Waals surface area contributed by atoms with E-state index in [1.807, 2.05) is 6.92 Å². The first kappa shape index (κ1) is 22.6. The number of nitro groups is 1. The first-order valence-corrected chi connectivity index (χ1v) is 11.1. The maximum absolute atomic E-state index is 14.0. The number of amides is 1. The molecule has 0 aromatic heterocycles. The van der Waals surface area contributed by atoms with Crippen molar-refractivity contribution in [1.82, 2.24) is 9.21 Å². The van der Waals surface area contributed by atoms with Gasteiger partial charge in [-0.25, -0.2) is 12.8 Å². The minimum atomic E-state index is -3.75. The minimum absolute atomic E-state index is 0.0533. The summed E-state index contributed by atoms with van der Waals surface area (Å²) in [7, 11) is -3.75. The van der Waals surface area contributed by atoms with E-state index in [1.54, 1.807) is 12.1 Å². The lowest BCUT2D eigenvalue weighted by atomic mass is 10.1. The zero-order chi connectivity index (χ0) is 22.8. The predicted octanol–water partition coefficient (Wildman–Crippen LogP) is 2.59. The summed E-state index contributed by atoms with van der Waals surface area (Å²) in [5.41, 5.74) is -0.759. The van der Waals surface area contributed by atoms with Crippen molar-refractivity contribution in [3.63, 3.8) is 0 Å². The van der Waals surface area contributed by atoms with Crippen molar-refractivity contribution >= 4 is 21.6 Å². The molecule has 1 aliphatic rings. The molecule has 1 saturated heterocycles. The maximum atomic E-state index is 14.0. The van der Waals surface area contributed by atoms with E-state index >= 15 is 0 Å². The van der Waals surface area contributed by atoms with Crippen LogP contribution in [0.4, 0.5) is 10.1 Å². The van der Waals surface area contributed by atoms with Crippen LogP contribution in [0.1, 0.15) is 22.8 Å². The summed E-state index contributed by atoms with van der Waals surface area (Å²) < 4.78 is 46.3. The van der Waals surface area contributed by atoms with Crippen LogP contribution in [0.15, 0.2) is 41.3 Å². The van der Waals surface area contributed by atoms with E-state index in [0.29, 0.717) is 12.4 Å². The molecule has 166 valence electrons. The molecule has 0 bridgehead atoms. The summed E-state index contributed by atoms with van der Waals surface area (Å²) in [4.78, 5) is 24.6. The van der Waals surface area contributed by atoms with E-state index in [2.05, 4.69) is 0 Å². The fraction of sp³-hybridized carbons (Fsp3) is 0.350. The number of carbonyl (C=O) groups is 1. The van der Waals surface area contributed by atoms with Crippen LogP contribution < -0.4 is 4.74 Å². The normalized spacial score (nSPS) is 15.0. The first-order chi connectivity index (χ1) is 14.6. The molecule has 11 heteroatoms. The van der Waals surface area contributed by atoms with Gasteiger partial charge in [0.1, 0.15) is 11.6 Å². The highest BCUT2D eigenvalue weighted by Crippen LogP contribution is 2.25. The van der Waals surface area contributed by atoms with Crippen LogP contribution in [0.2, 0.25) is 0 Å². The molecule has 0 atom stereocenters. The van der Waals surface area contributed by atoms with E-state index < -0.39 is 32.4 Å². The molecule has 0 aliphatic carbocycles. The Kier molecular flexibility index (Phi) is 6.56. The summed E-state index contributed by atoms with van der Waals surface area (Å²) >= 11 is 0. The number of carbonyl (C=O) groups excluding carboxylic acids is 1. The van der Waals surface area contributed by atoms with Crippen LogP contribution in [0.5, 0.6) is 5.75 Å². The Labute approximate surface area is 179 Å². The SMILES string of the molecule is CCOc1ccc(S(=O)(=O)N2CCN(C(=O)c3cc(F)c(C)c([N+](=O)[O-])c3)CC2)cc1. The lowest BCUT2D eigenvalue weighted by Gasteiger charge is -2.34. The second-order valence-electron chi connectivity index (χ2n) is 6.96. The summed E-state index contributed by atoms with van der Waals surface area (Å²) in [5.74, 6) is -0.856. The van der Waals surface area contributed by atoms with Crippen molar-refractivity contribution in [2.75, 3.05) is 32.8 Å². The van der Waals surface area contributed by atoms with Gasteiger partial charge in [-0.15, -0.1) is 0 Å². The van der Waals surface area contributed by atoms with Crippen molar-refractivity contribution in [3.05, 3.63) is 63.5 Å². The van der Waals surface area contributed by atoms with Gasteiger partial charge in [0.2, 0.25) is 10.0 Å². The number of rotatable bonds is 6. The van der Waals surface area contributed by atoms with Crippen LogP contribution in [-0.2, 0) is 10.0 Å². The highest BCUT2D eigenvalue weighted by atomic mass is 32.2. The summed E-state index contributed by atoms with van der Waals surface area (Å²) in [6.07, 6.45) is 0. The van der Waals surface area contributed by atoms with Crippen LogP contribution in [-0.4, -0.2) is 61.2 Å². The standard InChI is InChI=1S/C20H22FN3O6S/c1-3-30-16-4-6-17(7-5-16)31(28,29)23-10-8-22(9-11-23)20(25)15-12-18(21)14(2)19(13-15)24(26)27/h4-7,12-13H,3,8-11H2,1-2H3. The fourth-order valence-corrected chi connectivity index (χ4v) is 4.74. The third kappa shape index (κ3) is 4.67. The smallest absolute Gasteiger partial charge is 0.276 e. The van der Waals surface area contributed by atoms with Gasteiger partial charge < -0.3 is 9.64 Å². The van der Waals surface area contributed by atoms with Crippen molar-refractivity contribution in [1.29, 1.82) is 0 Å². The van der Waals surface area contributed by atoms with E-state index in [0.717, 1.165) is 12.1 Å². The topological polar surface area (TPSA) is 110 Å². The number of sulfonamides is 1.